The van der Waals surface area contributed by atoms with Gasteiger partial charge in [-0.05, 0) is 45.7 Å². The molecule has 0 aliphatic heterocycles. The minimum atomic E-state index is -2.81. The highest BCUT2D eigenvalue weighted by molar-refractivity contribution is 6.75. The highest BCUT2D eigenvalue weighted by Gasteiger charge is 2.44. The van der Waals surface area contributed by atoms with Gasteiger partial charge in [0.05, 0.1) is 0 Å². The molecular formula is C15H27NO3Si. The van der Waals surface area contributed by atoms with Crippen molar-refractivity contribution in [2.45, 2.75) is 33.6 Å². The van der Waals surface area contributed by atoms with Crippen LogP contribution in [0.15, 0.2) is 24.3 Å². The van der Waals surface area contributed by atoms with Crippen molar-refractivity contribution >= 4 is 14.0 Å². The fraction of sp³-hybridized carbons (Fsp3) is 0.600. The normalized spacial score (nSPS) is 11.8. The van der Waals surface area contributed by atoms with E-state index in [1.54, 1.807) is 0 Å². The molecule has 0 saturated heterocycles. The monoisotopic (exact) mass is 297 g/mol. The van der Waals surface area contributed by atoms with Crippen molar-refractivity contribution in [3.63, 3.8) is 0 Å². The Hall–Kier alpha value is -0.723. The number of benzene rings is 1. The molecule has 0 heterocycles. The number of nitrogens with two attached hydrogens (primary N) is 1. The van der Waals surface area contributed by atoms with Gasteiger partial charge >= 0.3 is 8.80 Å². The van der Waals surface area contributed by atoms with E-state index in [-0.39, 0.29) is 0 Å². The lowest BCUT2D eigenvalue weighted by atomic mass is 10.1. The smallest absolute Gasteiger partial charge is 0.370 e. The second-order valence-electron chi connectivity index (χ2n) is 4.40. The SMILES string of the molecule is CCO[Si](OCC)(OCC)c1ccccc1CCCN. The van der Waals surface area contributed by atoms with Gasteiger partial charge < -0.3 is 19.0 Å². The Morgan fingerprint density at radius 3 is 2.00 bits per heavy atom. The summed E-state index contributed by atoms with van der Waals surface area (Å²) in [6.07, 6.45) is 1.88. The molecule has 20 heavy (non-hydrogen) atoms. The van der Waals surface area contributed by atoms with Gasteiger partial charge in [0.15, 0.2) is 0 Å². The summed E-state index contributed by atoms with van der Waals surface area (Å²) < 4.78 is 17.9. The molecule has 0 bridgehead atoms. The summed E-state index contributed by atoms with van der Waals surface area (Å²) in [4.78, 5) is 0. The second-order valence-corrected chi connectivity index (χ2v) is 6.92. The predicted octanol–water partition coefficient (Wildman–Crippen LogP) is 1.83. The summed E-state index contributed by atoms with van der Waals surface area (Å²) in [5.41, 5.74) is 6.85. The van der Waals surface area contributed by atoms with E-state index in [0.717, 1.165) is 18.0 Å². The maximum atomic E-state index is 5.98. The first-order valence-corrected chi connectivity index (χ1v) is 9.16. The molecule has 2 N–H and O–H groups in total. The van der Waals surface area contributed by atoms with Crippen LogP contribution in [0.5, 0.6) is 0 Å². The first-order chi connectivity index (χ1) is 9.74. The Morgan fingerprint density at radius 2 is 1.50 bits per heavy atom. The lowest BCUT2D eigenvalue weighted by molar-refractivity contribution is 0.0857. The third-order valence-electron chi connectivity index (χ3n) is 3.00. The lowest BCUT2D eigenvalue weighted by Gasteiger charge is -2.30. The van der Waals surface area contributed by atoms with Crippen LogP contribution in [0.1, 0.15) is 32.8 Å². The molecule has 1 rings (SSSR count). The van der Waals surface area contributed by atoms with Crippen LogP contribution in [0.25, 0.3) is 0 Å². The summed E-state index contributed by atoms with van der Waals surface area (Å²) in [5, 5.41) is 1.08. The summed E-state index contributed by atoms with van der Waals surface area (Å²) in [6.45, 7) is 8.35. The van der Waals surface area contributed by atoms with E-state index in [2.05, 4.69) is 12.1 Å². The van der Waals surface area contributed by atoms with Crippen molar-refractivity contribution in [2.75, 3.05) is 26.4 Å². The molecule has 0 saturated carbocycles. The van der Waals surface area contributed by atoms with Gasteiger partial charge in [0.2, 0.25) is 0 Å². The first-order valence-electron chi connectivity index (χ1n) is 7.44. The van der Waals surface area contributed by atoms with Gasteiger partial charge in [0.1, 0.15) is 0 Å². The van der Waals surface area contributed by atoms with E-state index >= 15 is 0 Å². The molecule has 114 valence electrons. The predicted molar refractivity (Wildman–Crippen MR) is 84.1 cm³/mol. The average Bonchev–Trinajstić information content (AvgIpc) is 2.46. The zero-order valence-corrected chi connectivity index (χ0v) is 13.9. The maximum Gasteiger partial charge on any atom is 0.537 e. The minimum absolute atomic E-state index is 0.581. The van der Waals surface area contributed by atoms with Crippen molar-refractivity contribution in [1.29, 1.82) is 0 Å². The van der Waals surface area contributed by atoms with Crippen LogP contribution >= 0.6 is 0 Å². The molecule has 0 amide bonds. The molecule has 0 aromatic heterocycles. The third kappa shape index (κ3) is 4.39. The van der Waals surface area contributed by atoms with Crippen LogP contribution in [0.3, 0.4) is 0 Å². The van der Waals surface area contributed by atoms with Crippen molar-refractivity contribution in [3.8, 4) is 0 Å². The van der Waals surface area contributed by atoms with Gasteiger partial charge in [-0.15, -0.1) is 0 Å². The van der Waals surface area contributed by atoms with E-state index in [1.165, 1.54) is 5.56 Å². The molecule has 1 aromatic rings. The van der Waals surface area contributed by atoms with Gasteiger partial charge in [-0.25, -0.2) is 0 Å². The van der Waals surface area contributed by atoms with Crippen LogP contribution in [0.2, 0.25) is 0 Å². The van der Waals surface area contributed by atoms with Gasteiger partial charge in [0, 0.05) is 25.0 Å². The van der Waals surface area contributed by atoms with Crippen molar-refractivity contribution in [3.05, 3.63) is 29.8 Å². The number of aryl methyl sites for hydroxylation is 1. The Bertz CT molecular complexity index is 370. The third-order valence-corrected chi connectivity index (χ3v) is 6.15. The molecule has 0 fully saturated rings. The zero-order chi connectivity index (χ0) is 14.8. The van der Waals surface area contributed by atoms with E-state index in [1.807, 2.05) is 32.9 Å². The topological polar surface area (TPSA) is 53.7 Å². The first kappa shape index (κ1) is 17.3. The summed E-state index contributed by atoms with van der Waals surface area (Å²) >= 11 is 0. The Kier molecular flexibility index (Phi) is 8.02. The quantitative estimate of drug-likeness (QED) is 0.670. The van der Waals surface area contributed by atoms with Crippen molar-refractivity contribution in [1.82, 2.24) is 0 Å². The highest BCUT2D eigenvalue weighted by atomic mass is 28.4. The van der Waals surface area contributed by atoms with Crippen molar-refractivity contribution in [2.24, 2.45) is 5.73 Å². The molecular weight excluding hydrogens is 270 g/mol. The number of hydrogen-bond acceptors (Lipinski definition) is 4. The van der Waals surface area contributed by atoms with E-state index in [4.69, 9.17) is 19.0 Å². The van der Waals surface area contributed by atoms with Gasteiger partial charge in [-0.1, -0.05) is 24.3 Å². The van der Waals surface area contributed by atoms with Crippen LogP contribution in [-0.2, 0) is 19.7 Å². The molecule has 1 aromatic carbocycles. The second kappa shape index (κ2) is 9.26. The van der Waals surface area contributed by atoms with Gasteiger partial charge in [0.25, 0.3) is 0 Å². The maximum absolute atomic E-state index is 5.98. The Labute approximate surface area is 123 Å². The summed E-state index contributed by atoms with van der Waals surface area (Å²) in [7, 11) is -2.81. The van der Waals surface area contributed by atoms with E-state index in [9.17, 15) is 0 Å². The van der Waals surface area contributed by atoms with E-state index < -0.39 is 8.80 Å². The Morgan fingerprint density at radius 1 is 0.950 bits per heavy atom. The van der Waals surface area contributed by atoms with Gasteiger partial charge in [-0.3, -0.25) is 0 Å². The summed E-state index contributed by atoms with van der Waals surface area (Å²) in [6, 6.07) is 8.24. The molecule has 0 aliphatic rings. The molecule has 0 unspecified atom stereocenters. The van der Waals surface area contributed by atoms with Crippen LogP contribution in [0, 0.1) is 0 Å². The number of hydrogen-bond donors (Lipinski definition) is 1. The fourth-order valence-electron chi connectivity index (χ4n) is 2.26. The zero-order valence-electron chi connectivity index (χ0n) is 12.9. The standard InChI is InChI=1S/C15H27NO3Si/c1-4-17-20(18-5-2,19-6-3)15-12-8-7-10-14(15)11-9-13-16/h7-8,10,12H,4-6,9,11,13,16H2,1-3H3. The molecule has 0 aliphatic carbocycles. The molecule has 0 radical (unpaired) electrons. The lowest BCUT2D eigenvalue weighted by Crippen LogP contribution is -2.58. The van der Waals surface area contributed by atoms with Gasteiger partial charge in [-0.2, -0.15) is 0 Å². The fourth-order valence-corrected chi connectivity index (χ4v) is 5.02. The number of rotatable bonds is 10. The largest absolute Gasteiger partial charge is 0.537 e. The van der Waals surface area contributed by atoms with Crippen LogP contribution in [-0.4, -0.2) is 35.2 Å². The molecule has 5 heteroatoms. The molecule has 0 spiro atoms. The van der Waals surface area contributed by atoms with Crippen molar-refractivity contribution < 1.29 is 13.3 Å². The van der Waals surface area contributed by atoms with Crippen LogP contribution < -0.4 is 10.9 Å². The average molecular weight is 297 g/mol. The molecule has 4 nitrogen and oxygen atoms in total. The Balaban J connectivity index is 3.16. The molecule has 0 atom stereocenters. The van der Waals surface area contributed by atoms with Crippen LogP contribution in [0.4, 0.5) is 0 Å². The summed E-state index contributed by atoms with van der Waals surface area (Å²) in [5.74, 6) is 0. The van der Waals surface area contributed by atoms with E-state index in [0.29, 0.717) is 26.4 Å². The minimum Gasteiger partial charge on any atom is -0.370 e. The highest BCUT2D eigenvalue weighted by Crippen LogP contribution is 2.14.